The molecule has 0 atom stereocenters. The Morgan fingerprint density at radius 2 is 2.25 bits per heavy atom. The Labute approximate surface area is 71.8 Å². The van der Waals surface area contributed by atoms with Gasteiger partial charge >= 0.3 is 0 Å². The van der Waals surface area contributed by atoms with Gasteiger partial charge in [0.15, 0.2) is 0 Å². The van der Waals surface area contributed by atoms with Gasteiger partial charge in [0.25, 0.3) is 0 Å². The summed E-state index contributed by atoms with van der Waals surface area (Å²) in [6, 6.07) is 2.15. The molecule has 3 N–H and O–H groups in total. The Balaban J connectivity index is 2.20. The van der Waals surface area contributed by atoms with Crippen molar-refractivity contribution < 1.29 is 5.21 Å². The fraction of sp³-hybridized carbons (Fsp3) is 0.556. The Bertz CT molecular complexity index is 244. The Hall–Kier alpha value is -0.800. The van der Waals surface area contributed by atoms with Gasteiger partial charge in [-0.15, -0.1) is 0 Å². The lowest BCUT2D eigenvalue weighted by atomic mass is 9.98. The van der Waals surface area contributed by atoms with Gasteiger partial charge in [-0.05, 0) is 37.3 Å². The van der Waals surface area contributed by atoms with E-state index in [1.165, 1.54) is 36.9 Å². The highest BCUT2D eigenvalue weighted by molar-refractivity contribution is 5.27. The molecule has 1 aliphatic rings. The van der Waals surface area contributed by atoms with Crippen molar-refractivity contribution in [1.82, 2.24) is 10.5 Å². The van der Waals surface area contributed by atoms with Gasteiger partial charge in [-0.1, -0.05) is 0 Å². The second kappa shape index (κ2) is 3.29. The normalized spacial score (nSPS) is 16.1. The molecule has 2 rings (SSSR count). The molecule has 0 fully saturated rings. The van der Waals surface area contributed by atoms with Crippen LogP contribution in [0.2, 0.25) is 0 Å². The molecule has 0 unspecified atom stereocenters. The van der Waals surface area contributed by atoms with Gasteiger partial charge in [-0.25, -0.2) is 0 Å². The first-order valence-corrected chi connectivity index (χ1v) is 4.47. The predicted octanol–water partition coefficient (Wildman–Crippen LogP) is 1.37. The number of aromatic nitrogens is 1. The Morgan fingerprint density at radius 3 is 3.00 bits per heavy atom. The topological polar surface area (TPSA) is 48.0 Å². The molecule has 1 heterocycles. The third kappa shape index (κ3) is 1.38. The molecule has 1 aromatic heterocycles. The van der Waals surface area contributed by atoms with E-state index in [0.29, 0.717) is 6.54 Å². The van der Waals surface area contributed by atoms with Gasteiger partial charge in [-0.3, -0.25) is 0 Å². The molecule has 0 aromatic carbocycles. The quantitative estimate of drug-likeness (QED) is 0.581. The Morgan fingerprint density at radius 1 is 1.42 bits per heavy atom. The molecule has 0 radical (unpaired) electrons. The summed E-state index contributed by atoms with van der Waals surface area (Å²) in [7, 11) is 0. The number of fused-ring (bicyclic) bond motifs is 1. The molecule has 0 saturated carbocycles. The van der Waals surface area contributed by atoms with E-state index in [1.54, 1.807) is 0 Å². The maximum Gasteiger partial charge on any atom is 0.0609 e. The molecule has 1 aliphatic carbocycles. The second-order valence-corrected chi connectivity index (χ2v) is 3.34. The molecule has 0 aliphatic heterocycles. The zero-order chi connectivity index (χ0) is 8.39. The van der Waals surface area contributed by atoms with E-state index in [2.05, 4.69) is 16.5 Å². The fourth-order valence-corrected chi connectivity index (χ4v) is 1.85. The van der Waals surface area contributed by atoms with Crippen LogP contribution in [-0.4, -0.2) is 10.2 Å². The van der Waals surface area contributed by atoms with Crippen LogP contribution in [0.4, 0.5) is 0 Å². The number of nitrogens with one attached hydrogen (secondary N) is 2. The minimum absolute atomic E-state index is 0.521. The van der Waals surface area contributed by atoms with Crippen molar-refractivity contribution in [2.75, 3.05) is 0 Å². The zero-order valence-corrected chi connectivity index (χ0v) is 7.06. The number of aromatic amines is 1. The summed E-state index contributed by atoms with van der Waals surface area (Å²) in [4.78, 5) is 3.31. The third-order valence-corrected chi connectivity index (χ3v) is 2.44. The first-order valence-electron chi connectivity index (χ1n) is 4.47. The van der Waals surface area contributed by atoms with Crippen molar-refractivity contribution in [3.05, 3.63) is 23.0 Å². The number of hydroxylamine groups is 1. The summed E-state index contributed by atoms with van der Waals surface area (Å²) in [5.74, 6) is 0. The average molecular weight is 166 g/mol. The van der Waals surface area contributed by atoms with E-state index in [4.69, 9.17) is 5.21 Å². The fourth-order valence-electron chi connectivity index (χ4n) is 1.85. The molecule has 0 saturated heterocycles. The summed E-state index contributed by atoms with van der Waals surface area (Å²) >= 11 is 0. The summed E-state index contributed by atoms with van der Waals surface area (Å²) in [5, 5.41) is 8.51. The Kier molecular flexibility index (Phi) is 2.15. The van der Waals surface area contributed by atoms with E-state index < -0.39 is 0 Å². The smallest absolute Gasteiger partial charge is 0.0609 e. The highest BCUT2D eigenvalue weighted by Crippen LogP contribution is 2.21. The highest BCUT2D eigenvalue weighted by Gasteiger charge is 2.11. The van der Waals surface area contributed by atoms with Gasteiger partial charge in [0.1, 0.15) is 0 Å². The number of rotatable bonds is 2. The lowest BCUT2D eigenvalue weighted by Crippen LogP contribution is -2.06. The van der Waals surface area contributed by atoms with Crippen molar-refractivity contribution in [1.29, 1.82) is 0 Å². The van der Waals surface area contributed by atoms with E-state index >= 15 is 0 Å². The standard InChI is InChI=1S/C9H14N2O/c12-10-6-8-5-7-3-1-2-4-9(7)11-8/h5,10-12H,1-4,6H2. The molecule has 66 valence electrons. The molecule has 3 nitrogen and oxygen atoms in total. The first-order chi connectivity index (χ1) is 5.90. The van der Waals surface area contributed by atoms with E-state index in [1.807, 2.05) is 0 Å². The monoisotopic (exact) mass is 166 g/mol. The zero-order valence-electron chi connectivity index (χ0n) is 7.06. The molecule has 12 heavy (non-hydrogen) atoms. The van der Waals surface area contributed by atoms with Gasteiger partial charge in [-0.2, -0.15) is 5.48 Å². The van der Waals surface area contributed by atoms with Gasteiger partial charge < -0.3 is 10.2 Å². The van der Waals surface area contributed by atoms with Gasteiger partial charge in [0, 0.05) is 11.4 Å². The van der Waals surface area contributed by atoms with Crippen molar-refractivity contribution in [3.63, 3.8) is 0 Å². The van der Waals surface area contributed by atoms with Crippen molar-refractivity contribution in [2.45, 2.75) is 32.2 Å². The van der Waals surface area contributed by atoms with Crippen LogP contribution < -0.4 is 5.48 Å². The number of hydrogen-bond acceptors (Lipinski definition) is 2. The summed E-state index contributed by atoms with van der Waals surface area (Å²) in [6.45, 7) is 0.521. The third-order valence-electron chi connectivity index (χ3n) is 2.44. The lowest BCUT2D eigenvalue weighted by Gasteiger charge is -2.09. The number of H-pyrrole nitrogens is 1. The molecule has 0 bridgehead atoms. The molecule has 0 spiro atoms. The largest absolute Gasteiger partial charge is 0.361 e. The average Bonchev–Trinajstić information content (AvgIpc) is 2.47. The van der Waals surface area contributed by atoms with Crippen molar-refractivity contribution >= 4 is 0 Å². The van der Waals surface area contributed by atoms with Crippen molar-refractivity contribution in [3.8, 4) is 0 Å². The van der Waals surface area contributed by atoms with E-state index in [0.717, 1.165) is 5.69 Å². The molecule has 0 amide bonds. The summed E-state index contributed by atoms with van der Waals surface area (Å²) in [6.07, 6.45) is 4.95. The van der Waals surface area contributed by atoms with Crippen LogP contribution in [0.5, 0.6) is 0 Å². The van der Waals surface area contributed by atoms with Crippen LogP contribution in [0.25, 0.3) is 0 Å². The van der Waals surface area contributed by atoms with Crippen LogP contribution in [0, 0.1) is 0 Å². The van der Waals surface area contributed by atoms with Crippen LogP contribution in [0.3, 0.4) is 0 Å². The molecule has 3 heteroatoms. The molecular formula is C9H14N2O. The summed E-state index contributed by atoms with van der Waals surface area (Å²) < 4.78 is 0. The van der Waals surface area contributed by atoms with Gasteiger partial charge in [0.05, 0.1) is 6.54 Å². The minimum atomic E-state index is 0.521. The first kappa shape index (κ1) is 7.83. The second-order valence-electron chi connectivity index (χ2n) is 3.34. The molecular weight excluding hydrogens is 152 g/mol. The lowest BCUT2D eigenvalue weighted by molar-refractivity contribution is 0.160. The van der Waals surface area contributed by atoms with Crippen LogP contribution in [-0.2, 0) is 19.4 Å². The molecule has 1 aromatic rings. The van der Waals surface area contributed by atoms with E-state index in [-0.39, 0.29) is 0 Å². The SMILES string of the molecule is ONCc1cc2c([nH]1)CCCC2. The van der Waals surface area contributed by atoms with Crippen LogP contribution >= 0.6 is 0 Å². The number of aryl methyl sites for hydroxylation is 2. The minimum Gasteiger partial charge on any atom is -0.361 e. The van der Waals surface area contributed by atoms with Crippen LogP contribution in [0.1, 0.15) is 29.8 Å². The van der Waals surface area contributed by atoms with E-state index in [9.17, 15) is 0 Å². The van der Waals surface area contributed by atoms with Crippen molar-refractivity contribution in [2.24, 2.45) is 0 Å². The highest BCUT2D eigenvalue weighted by atomic mass is 16.5. The predicted molar refractivity (Wildman–Crippen MR) is 46.1 cm³/mol. The van der Waals surface area contributed by atoms with Gasteiger partial charge in [0.2, 0.25) is 0 Å². The van der Waals surface area contributed by atoms with Crippen LogP contribution in [0.15, 0.2) is 6.07 Å². The number of hydrogen-bond donors (Lipinski definition) is 3. The maximum absolute atomic E-state index is 8.51. The summed E-state index contributed by atoms with van der Waals surface area (Å²) in [5.41, 5.74) is 6.05. The maximum atomic E-state index is 8.51.